The number of allylic oxidation sites excluding steroid dienone is 4. The first kappa shape index (κ1) is 24.7. The number of hydrogen-bond donors (Lipinski definition) is 4. The first-order valence-corrected chi connectivity index (χ1v) is 11.6. The molecule has 0 fully saturated rings. The molecule has 1 aromatic rings. The molecule has 0 saturated carbocycles. The van der Waals surface area contributed by atoms with Gasteiger partial charge in [0.05, 0.1) is 6.34 Å². The minimum absolute atomic E-state index is 0.373. The molecule has 5 N–H and O–H groups in total. The quantitative estimate of drug-likeness (QED) is 0.215. The fourth-order valence-electron chi connectivity index (χ4n) is 4.33. The van der Waals surface area contributed by atoms with Crippen LogP contribution in [0.5, 0.6) is 5.75 Å². The molecule has 5 heteroatoms. The lowest BCUT2D eigenvalue weighted by atomic mass is 9.87. The van der Waals surface area contributed by atoms with E-state index in [0.29, 0.717) is 11.7 Å². The Labute approximate surface area is 188 Å². The van der Waals surface area contributed by atoms with Gasteiger partial charge in [0.15, 0.2) is 0 Å². The van der Waals surface area contributed by atoms with E-state index in [1.807, 2.05) is 19.1 Å². The maximum absolute atomic E-state index is 10.4. The lowest BCUT2D eigenvalue weighted by Crippen LogP contribution is -2.29. The predicted molar refractivity (Wildman–Crippen MR) is 133 cm³/mol. The monoisotopic (exact) mass is 424 g/mol. The first-order chi connectivity index (χ1) is 15.0. The Morgan fingerprint density at radius 2 is 2.03 bits per heavy atom. The second-order valence-electron chi connectivity index (χ2n) is 8.22. The number of aromatic hydroxyl groups is 1. The average molecular weight is 425 g/mol. The smallest absolute Gasteiger partial charge is 0.123 e. The van der Waals surface area contributed by atoms with Gasteiger partial charge >= 0.3 is 0 Å². The average Bonchev–Trinajstić information content (AvgIpc) is 2.76. The summed E-state index contributed by atoms with van der Waals surface area (Å²) in [5.41, 5.74) is 12.0. The highest BCUT2D eigenvalue weighted by Gasteiger charge is 2.17. The number of phenolic OH excluding ortho intramolecular Hbond substituents is 1. The van der Waals surface area contributed by atoms with Crippen LogP contribution < -0.4 is 16.4 Å². The molecule has 1 aliphatic rings. The second kappa shape index (κ2) is 13.0. The van der Waals surface area contributed by atoms with Crippen molar-refractivity contribution >= 4 is 11.9 Å². The fraction of sp³-hybridized carbons (Fsp3) is 0.500. The van der Waals surface area contributed by atoms with Crippen molar-refractivity contribution in [3.05, 3.63) is 58.9 Å². The van der Waals surface area contributed by atoms with Gasteiger partial charge in [0, 0.05) is 30.0 Å². The maximum atomic E-state index is 10.4. The lowest BCUT2D eigenvalue weighted by molar-refractivity contribution is 0.470. The second-order valence-corrected chi connectivity index (χ2v) is 8.22. The van der Waals surface area contributed by atoms with E-state index in [1.165, 1.54) is 23.9 Å². The van der Waals surface area contributed by atoms with Crippen LogP contribution >= 0.6 is 0 Å². The van der Waals surface area contributed by atoms with Crippen molar-refractivity contribution in [2.24, 2.45) is 16.6 Å². The van der Waals surface area contributed by atoms with E-state index in [0.717, 1.165) is 74.3 Å². The normalized spacial score (nSPS) is 16.0. The molecule has 0 spiro atoms. The van der Waals surface area contributed by atoms with Crippen LogP contribution in [-0.4, -0.2) is 31.1 Å². The Balaban J connectivity index is 1.80. The Bertz CT molecular complexity index is 823. The summed E-state index contributed by atoms with van der Waals surface area (Å²) in [6.07, 6.45) is 9.94. The zero-order valence-corrected chi connectivity index (χ0v) is 19.5. The molecule has 2 rings (SSSR count). The molecule has 0 aliphatic heterocycles. The SMILES string of the molecule is C=C(NCCNCCC(CC)/C(=C/C)c1ccc(C)cc1O)C1=C(N=CN)CCCC1. The summed E-state index contributed by atoms with van der Waals surface area (Å²) < 4.78 is 0. The summed E-state index contributed by atoms with van der Waals surface area (Å²) in [4.78, 5) is 4.33. The van der Waals surface area contributed by atoms with Crippen LogP contribution in [0.2, 0.25) is 0 Å². The Hall–Kier alpha value is -2.53. The van der Waals surface area contributed by atoms with E-state index in [-0.39, 0.29) is 0 Å². The van der Waals surface area contributed by atoms with Gasteiger partial charge in [-0.05, 0) is 87.6 Å². The van der Waals surface area contributed by atoms with E-state index >= 15 is 0 Å². The van der Waals surface area contributed by atoms with Gasteiger partial charge in [-0.25, -0.2) is 4.99 Å². The number of rotatable bonds is 12. The van der Waals surface area contributed by atoms with E-state index in [2.05, 4.69) is 48.2 Å². The highest BCUT2D eigenvalue weighted by molar-refractivity contribution is 5.72. The van der Waals surface area contributed by atoms with Crippen LogP contribution in [0.3, 0.4) is 0 Å². The molecule has 1 unspecified atom stereocenters. The predicted octanol–water partition coefficient (Wildman–Crippen LogP) is 5.03. The number of nitrogens with zero attached hydrogens (tertiary/aromatic N) is 1. The third-order valence-electron chi connectivity index (χ3n) is 6.05. The summed E-state index contributed by atoms with van der Waals surface area (Å²) in [5.74, 6) is 0.788. The van der Waals surface area contributed by atoms with Crippen LogP contribution in [0.15, 0.2) is 52.8 Å². The zero-order valence-electron chi connectivity index (χ0n) is 19.5. The van der Waals surface area contributed by atoms with Crippen LogP contribution in [0, 0.1) is 12.8 Å². The van der Waals surface area contributed by atoms with Crippen molar-refractivity contribution in [3.63, 3.8) is 0 Å². The Morgan fingerprint density at radius 3 is 2.71 bits per heavy atom. The van der Waals surface area contributed by atoms with Gasteiger partial charge in [-0.15, -0.1) is 0 Å². The van der Waals surface area contributed by atoms with Crippen molar-refractivity contribution in [2.45, 2.75) is 59.3 Å². The van der Waals surface area contributed by atoms with Crippen molar-refractivity contribution in [2.75, 3.05) is 19.6 Å². The topological polar surface area (TPSA) is 82.7 Å². The number of aryl methyl sites for hydroxylation is 1. The number of hydrogen-bond acceptors (Lipinski definition) is 4. The largest absolute Gasteiger partial charge is 0.507 e. The molecule has 5 nitrogen and oxygen atoms in total. The van der Waals surface area contributed by atoms with Crippen molar-refractivity contribution in [1.29, 1.82) is 0 Å². The van der Waals surface area contributed by atoms with E-state index in [1.54, 1.807) is 0 Å². The summed E-state index contributed by atoms with van der Waals surface area (Å²) >= 11 is 0. The van der Waals surface area contributed by atoms with Crippen LogP contribution in [0.4, 0.5) is 0 Å². The van der Waals surface area contributed by atoms with Gasteiger partial charge in [-0.3, -0.25) is 0 Å². The van der Waals surface area contributed by atoms with Gasteiger partial charge < -0.3 is 21.5 Å². The Morgan fingerprint density at radius 1 is 1.26 bits per heavy atom. The van der Waals surface area contributed by atoms with Crippen molar-refractivity contribution in [1.82, 2.24) is 10.6 Å². The van der Waals surface area contributed by atoms with Crippen molar-refractivity contribution in [3.8, 4) is 5.75 Å². The standard InChI is InChI=1S/C26H40N4O/c1-5-21(22(6-2)24-12-11-19(3)17-26(24)31)13-14-28-15-16-29-20(4)23-9-7-8-10-25(23)30-18-27/h6,11-12,17-18,21,28-29,31H,4-5,7-10,13-16H2,1-3H3,(H2,27,30)/b22-6-. The van der Waals surface area contributed by atoms with E-state index < -0.39 is 0 Å². The molecular weight excluding hydrogens is 384 g/mol. The van der Waals surface area contributed by atoms with Crippen LogP contribution in [0.1, 0.15) is 63.5 Å². The van der Waals surface area contributed by atoms with Crippen LogP contribution in [-0.2, 0) is 0 Å². The van der Waals surface area contributed by atoms with Crippen LogP contribution in [0.25, 0.3) is 5.57 Å². The highest BCUT2D eigenvalue weighted by atomic mass is 16.3. The molecule has 170 valence electrons. The summed E-state index contributed by atoms with van der Waals surface area (Å²) in [7, 11) is 0. The summed E-state index contributed by atoms with van der Waals surface area (Å²) in [5, 5.41) is 17.4. The highest BCUT2D eigenvalue weighted by Crippen LogP contribution is 2.34. The van der Waals surface area contributed by atoms with Gasteiger partial charge in [-0.1, -0.05) is 31.7 Å². The minimum Gasteiger partial charge on any atom is -0.507 e. The molecule has 0 radical (unpaired) electrons. The Kier molecular flexibility index (Phi) is 10.4. The fourth-order valence-corrected chi connectivity index (χ4v) is 4.33. The number of nitrogens with two attached hydrogens (primary N) is 1. The molecule has 0 amide bonds. The number of benzene rings is 1. The summed E-state index contributed by atoms with van der Waals surface area (Å²) in [6.45, 7) is 13.1. The maximum Gasteiger partial charge on any atom is 0.123 e. The van der Waals surface area contributed by atoms with Gasteiger partial charge in [0.25, 0.3) is 0 Å². The van der Waals surface area contributed by atoms with E-state index in [9.17, 15) is 5.11 Å². The van der Waals surface area contributed by atoms with Gasteiger partial charge in [-0.2, -0.15) is 0 Å². The van der Waals surface area contributed by atoms with Gasteiger partial charge in [0.1, 0.15) is 5.75 Å². The number of phenols is 1. The molecule has 1 atom stereocenters. The first-order valence-electron chi connectivity index (χ1n) is 11.6. The third kappa shape index (κ3) is 7.28. The van der Waals surface area contributed by atoms with E-state index in [4.69, 9.17) is 5.73 Å². The molecule has 0 bridgehead atoms. The number of aliphatic imine (C=N–C) groups is 1. The summed E-state index contributed by atoms with van der Waals surface area (Å²) in [6, 6.07) is 5.94. The third-order valence-corrected chi connectivity index (χ3v) is 6.05. The molecule has 0 heterocycles. The minimum atomic E-state index is 0.373. The molecule has 1 aromatic carbocycles. The zero-order chi connectivity index (χ0) is 22.6. The molecule has 0 saturated heterocycles. The molecule has 1 aliphatic carbocycles. The molecular formula is C26H40N4O. The molecule has 31 heavy (non-hydrogen) atoms. The molecule has 0 aromatic heterocycles. The number of nitrogens with one attached hydrogen (secondary N) is 2. The van der Waals surface area contributed by atoms with Gasteiger partial charge in [0.2, 0.25) is 0 Å². The lowest BCUT2D eigenvalue weighted by Gasteiger charge is -2.21. The van der Waals surface area contributed by atoms with Crippen molar-refractivity contribution < 1.29 is 5.11 Å².